The molecular weight excluding hydrogens is 457 g/mol. The topological polar surface area (TPSA) is 64.1 Å². The molecule has 0 aromatic heterocycles. The molecule has 6 nitrogen and oxygen atoms in total. The first kappa shape index (κ1) is 19.1. The van der Waals surface area contributed by atoms with Crippen LogP contribution in [0.15, 0.2) is 23.2 Å². The lowest BCUT2D eigenvalue weighted by molar-refractivity contribution is -0.171. The van der Waals surface area contributed by atoms with E-state index in [1.165, 1.54) is 31.2 Å². The standard InChI is InChI=1S/C20H27N3O3.HI/c1-21-19(22-9-5-13-3-4-15-16(11-13)26-12-25-15)23-17-14-6-10-24-18(14)20(17)7-2-8-20;/h3-4,11,14,17-18H,2,5-10,12H2,1H3,(H2,21,22,23);1H. The Morgan fingerprint density at radius 2 is 2.11 bits per heavy atom. The van der Waals surface area contributed by atoms with Crippen LogP contribution in [-0.4, -0.2) is 45.1 Å². The Hall–Kier alpha value is -1.22. The van der Waals surface area contributed by atoms with Gasteiger partial charge < -0.3 is 24.8 Å². The quantitative estimate of drug-likeness (QED) is 0.390. The molecule has 0 bridgehead atoms. The summed E-state index contributed by atoms with van der Waals surface area (Å²) in [6, 6.07) is 6.66. The number of ether oxygens (including phenoxy) is 3. The lowest BCUT2D eigenvalue weighted by Crippen LogP contribution is -2.72. The Balaban J connectivity index is 0.00000180. The lowest BCUT2D eigenvalue weighted by atomic mass is 9.46. The van der Waals surface area contributed by atoms with Crippen molar-refractivity contribution in [3.05, 3.63) is 23.8 Å². The van der Waals surface area contributed by atoms with Crippen LogP contribution in [0, 0.1) is 11.3 Å². The van der Waals surface area contributed by atoms with Gasteiger partial charge in [0.25, 0.3) is 0 Å². The summed E-state index contributed by atoms with van der Waals surface area (Å²) in [4.78, 5) is 4.45. The normalized spacial score (nSPS) is 29.4. The zero-order valence-corrected chi connectivity index (χ0v) is 18.0. The molecule has 27 heavy (non-hydrogen) atoms. The molecule has 1 saturated heterocycles. The minimum absolute atomic E-state index is 0. The molecule has 2 aliphatic carbocycles. The van der Waals surface area contributed by atoms with Crippen molar-refractivity contribution in [1.82, 2.24) is 10.6 Å². The van der Waals surface area contributed by atoms with E-state index in [1.807, 2.05) is 13.1 Å². The van der Waals surface area contributed by atoms with Crippen LogP contribution in [0.4, 0.5) is 0 Å². The number of hydrogen-bond donors (Lipinski definition) is 2. The smallest absolute Gasteiger partial charge is 0.231 e. The Morgan fingerprint density at radius 3 is 2.89 bits per heavy atom. The van der Waals surface area contributed by atoms with E-state index in [1.54, 1.807) is 0 Å². The zero-order chi connectivity index (χ0) is 17.6. The number of nitrogens with one attached hydrogen (secondary N) is 2. The summed E-state index contributed by atoms with van der Waals surface area (Å²) in [6.45, 7) is 2.08. The molecule has 2 saturated carbocycles. The fourth-order valence-electron chi connectivity index (χ4n) is 5.22. The maximum absolute atomic E-state index is 6.01. The van der Waals surface area contributed by atoms with Crippen molar-refractivity contribution >= 4 is 29.9 Å². The van der Waals surface area contributed by atoms with Crippen molar-refractivity contribution in [3.63, 3.8) is 0 Å². The van der Waals surface area contributed by atoms with Gasteiger partial charge in [-0.25, -0.2) is 0 Å². The molecule has 1 spiro atoms. The highest BCUT2D eigenvalue weighted by molar-refractivity contribution is 14.0. The van der Waals surface area contributed by atoms with E-state index in [9.17, 15) is 0 Å². The van der Waals surface area contributed by atoms with Gasteiger partial charge in [0.05, 0.1) is 6.10 Å². The van der Waals surface area contributed by atoms with Gasteiger partial charge in [-0.15, -0.1) is 24.0 Å². The Morgan fingerprint density at radius 1 is 1.26 bits per heavy atom. The van der Waals surface area contributed by atoms with Gasteiger partial charge in [-0.1, -0.05) is 12.5 Å². The third kappa shape index (κ3) is 3.16. The van der Waals surface area contributed by atoms with Gasteiger partial charge in [0.15, 0.2) is 17.5 Å². The van der Waals surface area contributed by atoms with Crippen molar-refractivity contribution in [2.45, 2.75) is 44.2 Å². The maximum Gasteiger partial charge on any atom is 0.231 e. The SMILES string of the molecule is CN=C(NCCc1ccc2c(c1)OCO2)NC1C2CCOC2C12CCC2.I. The minimum Gasteiger partial charge on any atom is -0.454 e. The predicted octanol–water partition coefficient (Wildman–Crippen LogP) is 2.70. The number of rotatable bonds is 4. The predicted molar refractivity (Wildman–Crippen MR) is 114 cm³/mol. The van der Waals surface area contributed by atoms with E-state index >= 15 is 0 Å². The molecule has 2 aliphatic heterocycles. The van der Waals surface area contributed by atoms with Crippen LogP contribution in [0.25, 0.3) is 0 Å². The molecule has 148 valence electrons. The van der Waals surface area contributed by atoms with Gasteiger partial charge >= 0.3 is 0 Å². The van der Waals surface area contributed by atoms with Crippen LogP contribution in [0.1, 0.15) is 31.2 Å². The summed E-state index contributed by atoms with van der Waals surface area (Å²) in [7, 11) is 1.85. The first-order chi connectivity index (χ1) is 12.8. The molecule has 0 radical (unpaired) electrons. The molecule has 5 rings (SSSR count). The largest absolute Gasteiger partial charge is 0.454 e. The van der Waals surface area contributed by atoms with E-state index in [-0.39, 0.29) is 24.0 Å². The molecule has 2 heterocycles. The molecule has 1 aromatic rings. The fraction of sp³-hybridized carbons (Fsp3) is 0.650. The summed E-state index contributed by atoms with van der Waals surface area (Å²) in [5.74, 6) is 3.25. The van der Waals surface area contributed by atoms with Crippen molar-refractivity contribution < 1.29 is 14.2 Å². The summed E-state index contributed by atoms with van der Waals surface area (Å²) in [5.41, 5.74) is 1.61. The van der Waals surface area contributed by atoms with E-state index in [2.05, 4.69) is 27.8 Å². The van der Waals surface area contributed by atoms with E-state index in [0.717, 1.165) is 37.0 Å². The first-order valence-corrected chi connectivity index (χ1v) is 9.77. The van der Waals surface area contributed by atoms with E-state index in [4.69, 9.17) is 14.2 Å². The third-order valence-corrected chi connectivity index (χ3v) is 6.70. The van der Waals surface area contributed by atoms with E-state index < -0.39 is 0 Å². The molecule has 1 aromatic carbocycles. The number of hydrogen-bond acceptors (Lipinski definition) is 4. The lowest BCUT2D eigenvalue weighted by Gasteiger charge is -2.63. The maximum atomic E-state index is 6.01. The molecule has 0 amide bonds. The Bertz CT molecular complexity index is 722. The van der Waals surface area contributed by atoms with Crippen LogP contribution >= 0.6 is 24.0 Å². The Labute approximate surface area is 177 Å². The van der Waals surface area contributed by atoms with Crippen LogP contribution in [0.2, 0.25) is 0 Å². The van der Waals surface area contributed by atoms with Gasteiger partial charge in [0.1, 0.15) is 0 Å². The second-order valence-electron chi connectivity index (χ2n) is 7.89. The van der Waals surface area contributed by atoms with Gasteiger partial charge in [-0.05, 0) is 43.4 Å². The molecule has 7 heteroatoms. The first-order valence-electron chi connectivity index (χ1n) is 9.77. The number of nitrogens with zero attached hydrogens (tertiary/aromatic N) is 1. The van der Waals surface area contributed by atoms with Crippen molar-refractivity contribution in [1.29, 1.82) is 0 Å². The molecule has 4 aliphatic rings. The highest BCUT2D eigenvalue weighted by Crippen LogP contribution is 2.62. The van der Waals surface area contributed by atoms with Gasteiger partial charge in [0.2, 0.25) is 6.79 Å². The zero-order valence-electron chi connectivity index (χ0n) is 15.7. The number of benzene rings is 1. The second-order valence-corrected chi connectivity index (χ2v) is 7.89. The number of fused-ring (bicyclic) bond motifs is 3. The number of halogens is 1. The van der Waals surface area contributed by atoms with E-state index in [0.29, 0.717) is 30.3 Å². The molecule has 3 fully saturated rings. The fourth-order valence-corrected chi connectivity index (χ4v) is 5.22. The van der Waals surface area contributed by atoms with Crippen LogP contribution in [-0.2, 0) is 11.2 Å². The average molecular weight is 485 g/mol. The Kier molecular flexibility index (Phi) is 5.42. The highest BCUT2D eigenvalue weighted by atomic mass is 127. The van der Waals surface area contributed by atoms with Gasteiger partial charge in [-0.3, -0.25) is 4.99 Å². The minimum atomic E-state index is 0. The van der Waals surface area contributed by atoms with Crippen LogP contribution in [0.3, 0.4) is 0 Å². The summed E-state index contributed by atoms with van der Waals surface area (Å²) in [6.07, 6.45) is 6.50. The molecular formula is C20H28IN3O3. The number of aliphatic imine (C=N–C) groups is 1. The summed E-state index contributed by atoms with van der Waals surface area (Å²) < 4.78 is 16.8. The molecule has 2 N–H and O–H groups in total. The van der Waals surface area contributed by atoms with Crippen LogP contribution < -0.4 is 20.1 Å². The van der Waals surface area contributed by atoms with Crippen molar-refractivity contribution in [2.24, 2.45) is 16.3 Å². The molecule has 3 atom stereocenters. The second kappa shape index (κ2) is 7.66. The highest BCUT2D eigenvalue weighted by Gasteiger charge is 2.66. The van der Waals surface area contributed by atoms with Gasteiger partial charge in [-0.2, -0.15) is 0 Å². The van der Waals surface area contributed by atoms with Gasteiger partial charge in [0, 0.05) is 37.6 Å². The summed E-state index contributed by atoms with van der Waals surface area (Å²) >= 11 is 0. The van der Waals surface area contributed by atoms with Crippen molar-refractivity contribution in [2.75, 3.05) is 27.0 Å². The summed E-state index contributed by atoms with van der Waals surface area (Å²) in [5, 5.41) is 7.19. The third-order valence-electron chi connectivity index (χ3n) is 6.70. The average Bonchev–Trinajstić information content (AvgIpc) is 3.24. The van der Waals surface area contributed by atoms with Crippen molar-refractivity contribution in [3.8, 4) is 11.5 Å². The monoisotopic (exact) mass is 485 g/mol. The van der Waals surface area contributed by atoms with Crippen LogP contribution in [0.5, 0.6) is 11.5 Å². The molecule has 3 unspecified atom stereocenters. The number of guanidine groups is 1.